The summed E-state index contributed by atoms with van der Waals surface area (Å²) in [6.45, 7) is 2.17. The van der Waals surface area contributed by atoms with Gasteiger partial charge in [0.25, 0.3) is 0 Å². The van der Waals surface area contributed by atoms with Crippen LogP contribution in [0.2, 0.25) is 0 Å². The summed E-state index contributed by atoms with van der Waals surface area (Å²) < 4.78 is 0. The Morgan fingerprint density at radius 2 is 2.15 bits per heavy atom. The van der Waals surface area contributed by atoms with Gasteiger partial charge >= 0.3 is 0 Å². The van der Waals surface area contributed by atoms with Crippen LogP contribution in [0.1, 0.15) is 71.1 Å². The Morgan fingerprint density at radius 3 is 2.88 bits per heavy atom. The molecule has 0 aromatic rings. The molecule has 1 saturated carbocycles. The van der Waals surface area contributed by atoms with Crippen molar-refractivity contribution in [3.05, 3.63) is 23.8 Å². The van der Waals surface area contributed by atoms with Gasteiger partial charge in [-0.3, -0.25) is 4.79 Å². The number of carbonyl (C=O) groups excluding carboxylic acids is 1. The molecule has 148 valence electrons. The highest BCUT2D eigenvalue weighted by Gasteiger charge is 2.43. The van der Waals surface area contributed by atoms with Crippen LogP contribution in [0, 0.1) is 17.8 Å². The third kappa shape index (κ3) is 6.24. The van der Waals surface area contributed by atoms with E-state index in [9.17, 15) is 15.0 Å². The van der Waals surface area contributed by atoms with Crippen LogP contribution in [0.4, 0.5) is 0 Å². The van der Waals surface area contributed by atoms with Gasteiger partial charge < -0.3 is 15.5 Å². The Kier molecular flexibility index (Phi) is 8.86. The van der Waals surface area contributed by atoms with Crippen molar-refractivity contribution in [2.24, 2.45) is 17.8 Å². The van der Waals surface area contributed by atoms with E-state index in [1.54, 1.807) is 7.05 Å². The lowest BCUT2D eigenvalue weighted by molar-refractivity contribution is -0.120. The average Bonchev–Trinajstić information content (AvgIpc) is 3.13. The van der Waals surface area contributed by atoms with E-state index in [1.165, 1.54) is 12.0 Å². The SMILES string of the molecule is CCCCC[C@H](O)/C=C/[C@@H]1[C@H]2CC(CCCCC(=O)NC)=C[C@H]2C[C@H]1O. The summed E-state index contributed by atoms with van der Waals surface area (Å²) in [6.07, 6.45) is 15.5. The molecule has 0 unspecified atom stereocenters. The van der Waals surface area contributed by atoms with Crippen molar-refractivity contribution in [1.82, 2.24) is 5.32 Å². The van der Waals surface area contributed by atoms with Crippen molar-refractivity contribution in [3.63, 3.8) is 0 Å². The van der Waals surface area contributed by atoms with E-state index < -0.39 is 0 Å². The van der Waals surface area contributed by atoms with Gasteiger partial charge in [0, 0.05) is 19.4 Å². The zero-order valence-electron chi connectivity index (χ0n) is 16.5. The molecular formula is C22H37NO3. The molecule has 0 aromatic carbocycles. The summed E-state index contributed by atoms with van der Waals surface area (Å²) in [5.74, 6) is 1.25. The van der Waals surface area contributed by atoms with Gasteiger partial charge in [0.15, 0.2) is 0 Å². The third-order valence-electron chi connectivity index (χ3n) is 6.04. The number of nitrogens with one attached hydrogen (secondary N) is 1. The molecular weight excluding hydrogens is 326 g/mol. The van der Waals surface area contributed by atoms with Crippen molar-refractivity contribution in [1.29, 1.82) is 0 Å². The van der Waals surface area contributed by atoms with Crippen molar-refractivity contribution >= 4 is 5.91 Å². The number of carbonyl (C=O) groups is 1. The van der Waals surface area contributed by atoms with Gasteiger partial charge in [-0.25, -0.2) is 0 Å². The summed E-state index contributed by atoms with van der Waals surface area (Å²) in [5, 5.41) is 23.2. The number of rotatable bonds is 11. The molecule has 0 saturated heterocycles. The molecule has 2 aliphatic carbocycles. The molecule has 2 rings (SSSR count). The van der Waals surface area contributed by atoms with E-state index in [0.717, 1.165) is 51.4 Å². The quantitative estimate of drug-likeness (QED) is 0.387. The first-order chi connectivity index (χ1) is 12.5. The second-order valence-corrected chi connectivity index (χ2v) is 8.07. The lowest BCUT2D eigenvalue weighted by atomic mass is 9.88. The maximum absolute atomic E-state index is 11.3. The van der Waals surface area contributed by atoms with Crippen LogP contribution < -0.4 is 5.32 Å². The second-order valence-electron chi connectivity index (χ2n) is 8.07. The molecule has 0 heterocycles. The predicted molar refractivity (Wildman–Crippen MR) is 106 cm³/mol. The van der Waals surface area contributed by atoms with E-state index in [0.29, 0.717) is 18.3 Å². The molecule has 0 aromatic heterocycles. The molecule has 0 radical (unpaired) electrons. The van der Waals surface area contributed by atoms with Crippen LogP contribution in [0.15, 0.2) is 23.8 Å². The smallest absolute Gasteiger partial charge is 0.219 e. The van der Waals surface area contributed by atoms with Crippen molar-refractivity contribution in [2.75, 3.05) is 7.05 Å². The molecule has 1 fully saturated rings. The summed E-state index contributed by atoms with van der Waals surface area (Å²) >= 11 is 0. The number of aliphatic hydroxyl groups excluding tert-OH is 2. The minimum absolute atomic E-state index is 0.119. The molecule has 0 bridgehead atoms. The van der Waals surface area contributed by atoms with Crippen LogP contribution in [-0.4, -0.2) is 35.4 Å². The van der Waals surface area contributed by atoms with Crippen molar-refractivity contribution in [2.45, 2.75) is 83.3 Å². The van der Waals surface area contributed by atoms with Crippen LogP contribution in [0.25, 0.3) is 0 Å². The van der Waals surface area contributed by atoms with Crippen LogP contribution in [-0.2, 0) is 4.79 Å². The number of aliphatic hydroxyl groups is 2. The fraction of sp³-hybridized carbons (Fsp3) is 0.773. The van der Waals surface area contributed by atoms with Crippen molar-refractivity contribution in [3.8, 4) is 0 Å². The second kappa shape index (κ2) is 10.9. The molecule has 26 heavy (non-hydrogen) atoms. The van der Waals surface area contributed by atoms with E-state index in [-0.39, 0.29) is 24.0 Å². The van der Waals surface area contributed by atoms with E-state index in [4.69, 9.17) is 0 Å². The molecule has 4 nitrogen and oxygen atoms in total. The Bertz CT molecular complexity index is 500. The van der Waals surface area contributed by atoms with Crippen LogP contribution in [0.3, 0.4) is 0 Å². The van der Waals surface area contributed by atoms with E-state index >= 15 is 0 Å². The van der Waals surface area contributed by atoms with Crippen LogP contribution in [0.5, 0.6) is 0 Å². The minimum Gasteiger partial charge on any atom is -0.392 e. The average molecular weight is 364 g/mol. The Balaban J connectivity index is 1.76. The summed E-state index contributed by atoms with van der Waals surface area (Å²) in [4.78, 5) is 11.3. The minimum atomic E-state index is -0.383. The topological polar surface area (TPSA) is 69.6 Å². The monoisotopic (exact) mass is 363 g/mol. The van der Waals surface area contributed by atoms with Gasteiger partial charge in [0.1, 0.15) is 0 Å². The highest BCUT2D eigenvalue weighted by Crippen LogP contribution is 2.48. The molecule has 0 aliphatic heterocycles. The number of unbranched alkanes of at least 4 members (excludes halogenated alkanes) is 3. The van der Waals surface area contributed by atoms with Gasteiger partial charge in [-0.15, -0.1) is 0 Å². The lowest BCUT2D eigenvalue weighted by Gasteiger charge is -2.19. The van der Waals surface area contributed by atoms with Gasteiger partial charge in [-0.05, 0) is 50.4 Å². The van der Waals surface area contributed by atoms with E-state index in [1.807, 2.05) is 6.08 Å². The first-order valence-electron chi connectivity index (χ1n) is 10.5. The zero-order valence-corrected chi connectivity index (χ0v) is 16.5. The van der Waals surface area contributed by atoms with Crippen molar-refractivity contribution < 1.29 is 15.0 Å². The molecule has 4 heteroatoms. The van der Waals surface area contributed by atoms with Gasteiger partial charge in [0.2, 0.25) is 5.91 Å². The van der Waals surface area contributed by atoms with Gasteiger partial charge in [-0.2, -0.15) is 0 Å². The molecule has 5 atom stereocenters. The fourth-order valence-corrected chi connectivity index (χ4v) is 4.51. The molecule has 0 spiro atoms. The van der Waals surface area contributed by atoms with E-state index in [2.05, 4.69) is 24.4 Å². The molecule has 1 amide bonds. The van der Waals surface area contributed by atoms with Gasteiger partial charge in [-0.1, -0.05) is 50.0 Å². The Hall–Kier alpha value is -1.13. The summed E-state index contributed by atoms with van der Waals surface area (Å²) in [6, 6.07) is 0. The Morgan fingerprint density at radius 1 is 1.35 bits per heavy atom. The van der Waals surface area contributed by atoms with Gasteiger partial charge in [0.05, 0.1) is 12.2 Å². The summed E-state index contributed by atoms with van der Waals surface area (Å²) in [7, 11) is 1.68. The van der Waals surface area contributed by atoms with Crippen LogP contribution >= 0.6 is 0 Å². The standard InChI is InChI=1S/C22H37NO3/c1-3-4-5-9-18(24)11-12-19-20-14-16(13-17(20)15-21(19)25)8-6-7-10-22(26)23-2/h11-13,17-21,24-25H,3-10,14-15H2,1-2H3,(H,23,26)/b12-11+/t17-,18-,19+,20-,21+/m0/s1. The number of hydrogen-bond acceptors (Lipinski definition) is 3. The number of hydrogen-bond donors (Lipinski definition) is 3. The largest absolute Gasteiger partial charge is 0.392 e. The highest BCUT2D eigenvalue weighted by molar-refractivity contribution is 5.75. The Labute approximate surface area is 158 Å². The summed E-state index contributed by atoms with van der Waals surface area (Å²) in [5.41, 5.74) is 1.49. The predicted octanol–water partition coefficient (Wildman–Crippen LogP) is 3.73. The normalized spacial score (nSPS) is 29.0. The maximum Gasteiger partial charge on any atom is 0.219 e. The zero-order chi connectivity index (χ0) is 18.9. The number of fused-ring (bicyclic) bond motifs is 1. The number of amides is 1. The first kappa shape index (κ1) is 21.2. The maximum atomic E-state index is 11.3. The third-order valence-corrected chi connectivity index (χ3v) is 6.04. The fourth-order valence-electron chi connectivity index (χ4n) is 4.51. The first-order valence-corrected chi connectivity index (χ1v) is 10.5. The molecule has 2 aliphatic rings. The number of allylic oxidation sites excluding steroid dienone is 2. The lowest BCUT2D eigenvalue weighted by Crippen LogP contribution is -2.18. The molecule has 3 N–H and O–H groups in total. The highest BCUT2D eigenvalue weighted by atomic mass is 16.3.